The van der Waals surface area contributed by atoms with Gasteiger partial charge in [0.1, 0.15) is 0 Å². The second-order valence-corrected chi connectivity index (χ2v) is 4.39. The first kappa shape index (κ1) is 14.9. The zero-order valence-corrected chi connectivity index (χ0v) is 11.3. The first-order valence-corrected chi connectivity index (χ1v) is 6.63. The Morgan fingerprint density at radius 1 is 1.00 bits per heavy atom. The third kappa shape index (κ3) is 5.53. The summed E-state index contributed by atoms with van der Waals surface area (Å²) >= 11 is 0. The van der Waals surface area contributed by atoms with E-state index in [1.807, 2.05) is 0 Å². The lowest BCUT2D eigenvalue weighted by atomic mass is 10.0. The van der Waals surface area contributed by atoms with Gasteiger partial charge in [0.05, 0.1) is 0 Å². The van der Waals surface area contributed by atoms with Crippen LogP contribution in [0.1, 0.15) is 53.4 Å². The molecule has 0 saturated heterocycles. The molecule has 1 atom stereocenters. The highest BCUT2D eigenvalue weighted by Crippen LogP contribution is 2.13. The average molecular weight is 214 g/mol. The largest absolute Gasteiger partial charge is 0.315 e. The van der Waals surface area contributed by atoms with E-state index in [9.17, 15) is 0 Å². The van der Waals surface area contributed by atoms with Crippen LogP contribution in [0, 0.1) is 0 Å². The molecule has 0 radical (unpaired) electrons. The van der Waals surface area contributed by atoms with Crippen LogP contribution in [0.25, 0.3) is 0 Å². The fourth-order valence-corrected chi connectivity index (χ4v) is 2.26. The van der Waals surface area contributed by atoms with Crippen LogP contribution in [0.15, 0.2) is 0 Å². The molecule has 1 unspecified atom stereocenters. The highest BCUT2D eigenvalue weighted by molar-refractivity contribution is 4.76. The van der Waals surface area contributed by atoms with Crippen molar-refractivity contribution in [2.45, 2.75) is 65.5 Å². The van der Waals surface area contributed by atoms with E-state index in [1.54, 1.807) is 0 Å². The maximum Gasteiger partial charge on any atom is 0.0220 e. The molecular weight excluding hydrogens is 184 g/mol. The Bertz CT molecular complexity index is 132. The van der Waals surface area contributed by atoms with E-state index >= 15 is 0 Å². The van der Waals surface area contributed by atoms with Gasteiger partial charge in [-0.3, -0.25) is 4.90 Å². The molecule has 0 heterocycles. The fourth-order valence-electron chi connectivity index (χ4n) is 2.26. The van der Waals surface area contributed by atoms with Gasteiger partial charge in [0.25, 0.3) is 0 Å². The van der Waals surface area contributed by atoms with E-state index in [0.29, 0.717) is 6.04 Å². The first-order chi connectivity index (χ1) is 7.21. The molecule has 92 valence electrons. The van der Waals surface area contributed by atoms with Crippen LogP contribution in [-0.4, -0.2) is 37.1 Å². The highest BCUT2D eigenvalue weighted by atomic mass is 15.2. The summed E-state index contributed by atoms with van der Waals surface area (Å²) in [5.74, 6) is 0. The van der Waals surface area contributed by atoms with Crippen LogP contribution in [0.3, 0.4) is 0 Å². The topological polar surface area (TPSA) is 15.3 Å². The van der Waals surface area contributed by atoms with Crippen LogP contribution in [-0.2, 0) is 0 Å². The third-order valence-corrected chi connectivity index (χ3v) is 3.35. The molecule has 2 heteroatoms. The van der Waals surface area contributed by atoms with E-state index in [4.69, 9.17) is 0 Å². The lowest BCUT2D eigenvalue weighted by Gasteiger charge is -2.34. The molecule has 0 fully saturated rings. The molecule has 2 nitrogen and oxygen atoms in total. The Morgan fingerprint density at radius 2 is 1.60 bits per heavy atom. The lowest BCUT2D eigenvalue weighted by molar-refractivity contribution is 0.152. The molecule has 0 saturated carbocycles. The second kappa shape index (κ2) is 9.17. The van der Waals surface area contributed by atoms with E-state index < -0.39 is 0 Å². The van der Waals surface area contributed by atoms with Crippen molar-refractivity contribution in [1.29, 1.82) is 0 Å². The average Bonchev–Trinajstić information content (AvgIpc) is 2.25. The SMILES string of the molecule is CCCC(CNCC)N(C)C(CC)CC. The normalized spacial score (nSPS) is 13.8. The first-order valence-electron chi connectivity index (χ1n) is 6.63. The maximum absolute atomic E-state index is 3.48. The number of likely N-dealkylation sites (N-methyl/N-ethyl adjacent to an activating group) is 2. The van der Waals surface area contributed by atoms with Gasteiger partial charge in [-0.15, -0.1) is 0 Å². The summed E-state index contributed by atoms with van der Waals surface area (Å²) in [5.41, 5.74) is 0. The number of hydrogen-bond acceptors (Lipinski definition) is 2. The lowest BCUT2D eigenvalue weighted by Crippen LogP contribution is -2.45. The summed E-state index contributed by atoms with van der Waals surface area (Å²) in [6.07, 6.45) is 5.11. The van der Waals surface area contributed by atoms with Gasteiger partial charge >= 0.3 is 0 Å². The van der Waals surface area contributed by atoms with Crippen LogP contribution < -0.4 is 5.32 Å². The van der Waals surface area contributed by atoms with Gasteiger partial charge in [-0.2, -0.15) is 0 Å². The molecule has 0 aliphatic rings. The van der Waals surface area contributed by atoms with Gasteiger partial charge in [-0.25, -0.2) is 0 Å². The van der Waals surface area contributed by atoms with Crippen molar-refractivity contribution in [3.05, 3.63) is 0 Å². The summed E-state index contributed by atoms with van der Waals surface area (Å²) in [6.45, 7) is 11.3. The van der Waals surface area contributed by atoms with Crippen LogP contribution in [0.2, 0.25) is 0 Å². The molecule has 0 rings (SSSR count). The van der Waals surface area contributed by atoms with Gasteiger partial charge in [0, 0.05) is 18.6 Å². The molecule has 1 N–H and O–H groups in total. The van der Waals surface area contributed by atoms with Gasteiger partial charge in [-0.05, 0) is 32.9 Å². The van der Waals surface area contributed by atoms with E-state index in [0.717, 1.165) is 19.1 Å². The number of rotatable bonds is 9. The van der Waals surface area contributed by atoms with Crippen LogP contribution in [0.5, 0.6) is 0 Å². The summed E-state index contributed by atoms with van der Waals surface area (Å²) in [5, 5.41) is 3.48. The Hall–Kier alpha value is -0.0800. The fraction of sp³-hybridized carbons (Fsp3) is 1.00. The minimum absolute atomic E-state index is 0.708. The zero-order chi connectivity index (χ0) is 11.7. The Morgan fingerprint density at radius 3 is 2.00 bits per heavy atom. The van der Waals surface area contributed by atoms with Crippen LogP contribution in [0.4, 0.5) is 0 Å². The molecular formula is C13H30N2. The van der Waals surface area contributed by atoms with Crippen molar-refractivity contribution in [3.63, 3.8) is 0 Å². The molecule has 0 aromatic carbocycles. The predicted molar refractivity (Wildman–Crippen MR) is 69.4 cm³/mol. The van der Waals surface area contributed by atoms with Crippen molar-refractivity contribution < 1.29 is 0 Å². The molecule has 0 spiro atoms. The minimum Gasteiger partial charge on any atom is -0.315 e. The molecule has 0 aromatic heterocycles. The van der Waals surface area contributed by atoms with E-state index in [1.165, 1.54) is 25.7 Å². The standard InChI is InChI=1S/C13H30N2/c1-6-10-13(11-14-9-4)15(5)12(7-2)8-3/h12-14H,6-11H2,1-5H3. The monoisotopic (exact) mass is 214 g/mol. The van der Waals surface area contributed by atoms with Crippen molar-refractivity contribution >= 4 is 0 Å². The maximum atomic E-state index is 3.48. The van der Waals surface area contributed by atoms with Crippen molar-refractivity contribution in [3.8, 4) is 0 Å². The molecule has 0 amide bonds. The Balaban J connectivity index is 4.17. The summed E-state index contributed by atoms with van der Waals surface area (Å²) in [7, 11) is 2.29. The molecule has 0 aromatic rings. The van der Waals surface area contributed by atoms with Crippen molar-refractivity contribution in [2.24, 2.45) is 0 Å². The smallest absolute Gasteiger partial charge is 0.0220 e. The minimum atomic E-state index is 0.708. The number of nitrogens with one attached hydrogen (secondary N) is 1. The molecule has 0 bridgehead atoms. The summed E-state index contributed by atoms with van der Waals surface area (Å²) in [6, 6.07) is 1.46. The van der Waals surface area contributed by atoms with Crippen LogP contribution >= 0.6 is 0 Å². The quantitative estimate of drug-likeness (QED) is 0.635. The van der Waals surface area contributed by atoms with Gasteiger partial charge in [0.15, 0.2) is 0 Å². The predicted octanol–water partition coefficient (Wildman–Crippen LogP) is 2.89. The van der Waals surface area contributed by atoms with E-state index in [2.05, 4.69) is 45.0 Å². The zero-order valence-electron chi connectivity index (χ0n) is 11.3. The Kier molecular flexibility index (Phi) is 9.12. The van der Waals surface area contributed by atoms with Crippen molar-refractivity contribution in [2.75, 3.05) is 20.1 Å². The Labute approximate surface area is 96.4 Å². The molecule has 15 heavy (non-hydrogen) atoms. The number of hydrogen-bond donors (Lipinski definition) is 1. The summed E-state index contributed by atoms with van der Waals surface area (Å²) < 4.78 is 0. The summed E-state index contributed by atoms with van der Waals surface area (Å²) in [4.78, 5) is 2.58. The van der Waals surface area contributed by atoms with Gasteiger partial charge in [-0.1, -0.05) is 34.1 Å². The van der Waals surface area contributed by atoms with E-state index in [-0.39, 0.29) is 0 Å². The highest BCUT2D eigenvalue weighted by Gasteiger charge is 2.19. The van der Waals surface area contributed by atoms with Gasteiger partial charge in [0.2, 0.25) is 0 Å². The molecule has 0 aliphatic carbocycles. The molecule has 0 aliphatic heterocycles. The van der Waals surface area contributed by atoms with Gasteiger partial charge < -0.3 is 5.32 Å². The number of nitrogens with zero attached hydrogens (tertiary/aromatic N) is 1. The van der Waals surface area contributed by atoms with Crippen molar-refractivity contribution in [1.82, 2.24) is 10.2 Å². The second-order valence-electron chi connectivity index (χ2n) is 4.39. The third-order valence-electron chi connectivity index (χ3n) is 3.35.